The lowest BCUT2D eigenvalue weighted by Crippen LogP contribution is -2.27. The highest BCUT2D eigenvalue weighted by atomic mass is 16.5. The zero-order valence-corrected chi connectivity index (χ0v) is 15.2. The van der Waals surface area contributed by atoms with Crippen LogP contribution < -0.4 is 10.6 Å². The molecule has 0 atom stereocenters. The van der Waals surface area contributed by atoms with Crippen LogP contribution in [0.5, 0.6) is 0 Å². The number of nitrogens with one attached hydrogen (secondary N) is 2. The Bertz CT molecular complexity index is 391. The first-order chi connectivity index (χ1) is 11.1. The highest BCUT2D eigenvalue weighted by Crippen LogP contribution is 2.14. The molecule has 0 saturated carbocycles. The van der Waals surface area contributed by atoms with Gasteiger partial charge >= 0.3 is 0 Å². The fraction of sp³-hybridized carbons (Fsp3) is 0.684. The third-order valence-corrected chi connectivity index (χ3v) is 3.57. The minimum atomic E-state index is 0.516. The van der Waals surface area contributed by atoms with E-state index in [0.717, 1.165) is 32.8 Å². The van der Waals surface area contributed by atoms with Gasteiger partial charge in [-0.3, -0.25) is 0 Å². The largest absolute Gasteiger partial charge is 0.378 e. The van der Waals surface area contributed by atoms with Crippen molar-refractivity contribution in [2.45, 2.75) is 46.2 Å². The predicted octanol–water partition coefficient (Wildman–Crippen LogP) is 2.93. The van der Waals surface area contributed by atoms with Gasteiger partial charge < -0.3 is 20.1 Å². The highest BCUT2D eigenvalue weighted by Gasteiger charge is 1.99. The molecule has 1 rings (SSSR count). The molecule has 1 aromatic carbocycles. The lowest BCUT2D eigenvalue weighted by Gasteiger charge is -2.10. The molecule has 0 radical (unpaired) electrons. The van der Waals surface area contributed by atoms with Gasteiger partial charge in [0.2, 0.25) is 0 Å². The molecule has 0 aromatic heterocycles. The maximum Gasteiger partial charge on any atom is 0.0701 e. The van der Waals surface area contributed by atoms with Crippen LogP contribution in [0.15, 0.2) is 24.3 Å². The van der Waals surface area contributed by atoms with Gasteiger partial charge in [-0.2, -0.15) is 0 Å². The maximum atomic E-state index is 5.54. The molecule has 1 aromatic rings. The van der Waals surface area contributed by atoms with Crippen molar-refractivity contribution >= 4 is 0 Å². The van der Waals surface area contributed by atoms with E-state index in [4.69, 9.17) is 9.47 Å². The standard InChI is InChI=1S/C19H34N2O2/c1-16(2)19-7-5-18(6-8-19)15-20-9-11-22-13-14-23-12-10-21-17(3)4/h5-8,16-17,20-21H,9-15H2,1-4H3. The Morgan fingerprint density at radius 2 is 1.43 bits per heavy atom. The summed E-state index contributed by atoms with van der Waals surface area (Å²) in [6.07, 6.45) is 0. The summed E-state index contributed by atoms with van der Waals surface area (Å²) in [5.41, 5.74) is 2.70. The normalized spacial score (nSPS) is 11.6. The second-order valence-corrected chi connectivity index (χ2v) is 6.41. The summed E-state index contributed by atoms with van der Waals surface area (Å²) in [5, 5.41) is 6.71. The Morgan fingerprint density at radius 3 is 2.00 bits per heavy atom. The van der Waals surface area contributed by atoms with Crippen LogP contribution in [0.1, 0.15) is 44.7 Å². The van der Waals surface area contributed by atoms with Gasteiger partial charge in [-0.1, -0.05) is 52.0 Å². The topological polar surface area (TPSA) is 42.5 Å². The molecular formula is C19H34N2O2. The van der Waals surface area contributed by atoms with Crippen LogP contribution in [0.3, 0.4) is 0 Å². The van der Waals surface area contributed by atoms with Crippen LogP contribution in [-0.4, -0.2) is 45.6 Å². The van der Waals surface area contributed by atoms with Crippen LogP contribution in [-0.2, 0) is 16.0 Å². The number of benzene rings is 1. The van der Waals surface area contributed by atoms with Crippen molar-refractivity contribution in [1.82, 2.24) is 10.6 Å². The van der Waals surface area contributed by atoms with E-state index < -0.39 is 0 Å². The Hall–Kier alpha value is -0.940. The van der Waals surface area contributed by atoms with Gasteiger partial charge in [0.15, 0.2) is 0 Å². The number of rotatable bonds is 13. The molecule has 0 heterocycles. The maximum absolute atomic E-state index is 5.54. The first-order valence-corrected chi connectivity index (χ1v) is 8.78. The van der Waals surface area contributed by atoms with E-state index in [1.807, 2.05) is 0 Å². The van der Waals surface area contributed by atoms with Crippen molar-refractivity contribution in [3.63, 3.8) is 0 Å². The van der Waals surface area contributed by atoms with Crippen LogP contribution >= 0.6 is 0 Å². The molecule has 0 bridgehead atoms. The van der Waals surface area contributed by atoms with Gasteiger partial charge in [0.05, 0.1) is 26.4 Å². The van der Waals surface area contributed by atoms with Crippen molar-refractivity contribution in [2.24, 2.45) is 0 Å². The van der Waals surface area contributed by atoms with Gasteiger partial charge in [-0.25, -0.2) is 0 Å². The summed E-state index contributed by atoms with van der Waals surface area (Å²) in [6.45, 7) is 14.1. The van der Waals surface area contributed by atoms with E-state index in [0.29, 0.717) is 25.2 Å². The zero-order valence-electron chi connectivity index (χ0n) is 15.2. The molecule has 4 nitrogen and oxygen atoms in total. The summed E-state index contributed by atoms with van der Waals surface area (Å²) < 4.78 is 11.0. The Balaban J connectivity index is 1.91. The Labute approximate surface area is 142 Å². The summed E-state index contributed by atoms with van der Waals surface area (Å²) >= 11 is 0. The van der Waals surface area contributed by atoms with Gasteiger partial charge in [-0.15, -0.1) is 0 Å². The van der Waals surface area contributed by atoms with Crippen molar-refractivity contribution < 1.29 is 9.47 Å². The van der Waals surface area contributed by atoms with Gasteiger partial charge in [-0.05, 0) is 17.0 Å². The minimum Gasteiger partial charge on any atom is -0.378 e. The fourth-order valence-electron chi connectivity index (χ4n) is 2.14. The van der Waals surface area contributed by atoms with E-state index >= 15 is 0 Å². The molecule has 0 aliphatic heterocycles. The molecule has 0 spiro atoms. The van der Waals surface area contributed by atoms with E-state index in [1.165, 1.54) is 11.1 Å². The van der Waals surface area contributed by atoms with E-state index in [9.17, 15) is 0 Å². The third-order valence-electron chi connectivity index (χ3n) is 3.57. The lowest BCUT2D eigenvalue weighted by molar-refractivity contribution is 0.0494. The molecule has 132 valence electrons. The number of hydrogen-bond donors (Lipinski definition) is 2. The summed E-state index contributed by atoms with van der Waals surface area (Å²) in [7, 11) is 0. The van der Waals surface area contributed by atoms with Crippen LogP contribution in [0, 0.1) is 0 Å². The predicted molar refractivity (Wildman–Crippen MR) is 97.0 cm³/mol. The SMILES string of the molecule is CC(C)NCCOCCOCCNCc1ccc(C(C)C)cc1. The second-order valence-electron chi connectivity index (χ2n) is 6.41. The van der Waals surface area contributed by atoms with Gasteiger partial charge in [0.1, 0.15) is 0 Å². The third kappa shape index (κ3) is 10.4. The molecule has 0 amide bonds. The molecule has 0 aliphatic carbocycles. The summed E-state index contributed by atoms with van der Waals surface area (Å²) in [4.78, 5) is 0. The summed E-state index contributed by atoms with van der Waals surface area (Å²) in [5.74, 6) is 0.591. The molecule has 4 heteroatoms. The van der Waals surface area contributed by atoms with Crippen molar-refractivity contribution in [3.05, 3.63) is 35.4 Å². The van der Waals surface area contributed by atoms with E-state index in [2.05, 4.69) is 62.6 Å². The fourth-order valence-corrected chi connectivity index (χ4v) is 2.14. The van der Waals surface area contributed by atoms with E-state index in [-0.39, 0.29) is 0 Å². The average molecular weight is 322 g/mol. The first kappa shape index (κ1) is 20.1. The molecule has 0 aliphatic rings. The van der Waals surface area contributed by atoms with Crippen LogP contribution in [0.4, 0.5) is 0 Å². The molecule has 0 saturated heterocycles. The lowest BCUT2D eigenvalue weighted by atomic mass is 10.0. The number of hydrogen-bond acceptors (Lipinski definition) is 4. The molecule has 0 unspecified atom stereocenters. The molecular weight excluding hydrogens is 288 g/mol. The number of ether oxygens (including phenoxy) is 2. The molecule has 2 N–H and O–H groups in total. The van der Waals surface area contributed by atoms with Crippen molar-refractivity contribution in [2.75, 3.05) is 39.5 Å². The summed E-state index contributed by atoms with van der Waals surface area (Å²) in [6, 6.07) is 9.33. The Kier molecular flexibility index (Phi) is 10.9. The molecule has 23 heavy (non-hydrogen) atoms. The highest BCUT2D eigenvalue weighted by molar-refractivity contribution is 5.24. The second kappa shape index (κ2) is 12.5. The van der Waals surface area contributed by atoms with Crippen LogP contribution in [0.25, 0.3) is 0 Å². The first-order valence-electron chi connectivity index (χ1n) is 8.78. The van der Waals surface area contributed by atoms with Crippen molar-refractivity contribution in [3.8, 4) is 0 Å². The minimum absolute atomic E-state index is 0.516. The van der Waals surface area contributed by atoms with E-state index in [1.54, 1.807) is 0 Å². The molecule has 0 fully saturated rings. The van der Waals surface area contributed by atoms with Gasteiger partial charge in [0, 0.05) is 25.7 Å². The monoisotopic (exact) mass is 322 g/mol. The van der Waals surface area contributed by atoms with Gasteiger partial charge in [0.25, 0.3) is 0 Å². The Morgan fingerprint density at radius 1 is 0.826 bits per heavy atom. The zero-order chi connectivity index (χ0) is 16.9. The smallest absolute Gasteiger partial charge is 0.0701 e. The average Bonchev–Trinajstić information content (AvgIpc) is 2.52. The van der Waals surface area contributed by atoms with Crippen molar-refractivity contribution in [1.29, 1.82) is 0 Å². The van der Waals surface area contributed by atoms with Crippen LogP contribution in [0.2, 0.25) is 0 Å². The quantitative estimate of drug-likeness (QED) is 0.548.